The van der Waals surface area contributed by atoms with Gasteiger partial charge >= 0.3 is 17.9 Å². The van der Waals surface area contributed by atoms with Crippen molar-refractivity contribution < 1.29 is 28.6 Å². The van der Waals surface area contributed by atoms with Crippen LogP contribution in [-0.2, 0) is 28.6 Å². The van der Waals surface area contributed by atoms with E-state index in [4.69, 9.17) is 14.2 Å². The molecule has 0 fully saturated rings. The summed E-state index contributed by atoms with van der Waals surface area (Å²) >= 11 is 0. The van der Waals surface area contributed by atoms with E-state index in [1.165, 1.54) is 205 Å². The molecule has 6 heteroatoms. The van der Waals surface area contributed by atoms with Crippen molar-refractivity contribution in [3.05, 3.63) is 48.6 Å². The summed E-state index contributed by atoms with van der Waals surface area (Å²) in [6, 6.07) is 0. The highest BCUT2D eigenvalue weighted by atomic mass is 16.6. The summed E-state index contributed by atoms with van der Waals surface area (Å²) in [4.78, 5) is 38.2. The van der Waals surface area contributed by atoms with Gasteiger partial charge in [-0.05, 0) is 103 Å². The van der Waals surface area contributed by atoms with E-state index >= 15 is 0 Å². The first-order chi connectivity index (χ1) is 34.5. The van der Waals surface area contributed by atoms with Gasteiger partial charge in [-0.25, -0.2) is 0 Å². The van der Waals surface area contributed by atoms with E-state index in [1.807, 2.05) is 0 Å². The fourth-order valence-electron chi connectivity index (χ4n) is 8.88. The van der Waals surface area contributed by atoms with E-state index in [0.29, 0.717) is 19.3 Å². The number of carbonyl (C=O) groups is 3. The van der Waals surface area contributed by atoms with Crippen LogP contribution in [0.1, 0.15) is 323 Å². The molecular weight excluding hydrogens is 865 g/mol. The van der Waals surface area contributed by atoms with E-state index < -0.39 is 6.10 Å². The van der Waals surface area contributed by atoms with Crippen molar-refractivity contribution in [3.8, 4) is 0 Å². The topological polar surface area (TPSA) is 78.9 Å². The maximum atomic E-state index is 12.9. The van der Waals surface area contributed by atoms with Gasteiger partial charge in [0.05, 0.1) is 0 Å². The van der Waals surface area contributed by atoms with Crippen molar-refractivity contribution in [1.82, 2.24) is 0 Å². The van der Waals surface area contributed by atoms with Gasteiger partial charge in [-0.3, -0.25) is 14.4 Å². The molecular formula is C64H116O6. The normalized spacial score (nSPS) is 12.3. The summed E-state index contributed by atoms with van der Waals surface area (Å²) in [5.41, 5.74) is 0. The SMILES string of the molecule is CCCCC/C=C\C/C=C\CCCCCCCCCC(=O)OC(COC(=O)CCCCCCC/C=C\CCCCCCCCC)COC(=O)CCCCCCCCCCC/C=C\CCCCCCCC. The molecule has 0 aromatic heterocycles. The lowest BCUT2D eigenvalue weighted by Crippen LogP contribution is -2.30. The van der Waals surface area contributed by atoms with Crippen LogP contribution in [0.25, 0.3) is 0 Å². The van der Waals surface area contributed by atoms with Crippen molar-refractivity contribution in [2.45, 2.75) is 329 Å². The maximum Gasteiger partial charge on any atom is 0.306 e. The zero-order chi connectivity index (χ0) is 50.7. The lowest BCUT2D eigenvalue weighted by Gasteiger charge is -2.18. The molecule has 0 aromatic carbocycles. The minimum absolute atomic E-state index is 0.0782. The molecule has 0 radical (unpaired) electrons. The van der Waals surface area contributed by atoms with E-state index in [9.17, 15) is 14.4 Å². The smallest absolute Gasteiger partial charge is 0.306 e. The molecule has 0 rings (SSSR count). The van der Waals surface area contributed by atoms with E-state index in [-0.39, 0.29) is 31.1 Å². The highest BCUT2D eigenvalue weighted by molar-refractivity contribution is 5.71. The molecule has 0 aliphatic heterocycles. The number of esters is 3. The molecule has 0 bridgehead atoms. The number of hydrogen-bond acceptors (Lipinski definition) is 6. The Bertz CT molecular complexity index is 1220. The Morgan fingerprint density at radius 2 is 0.514 bits per heavy atom. The standard InChI is InChI=1S/C64H116O6/c1-4-7-10-13-16-19-22-25-28-31-32-34-36-39-42-45-48-51-54-57-63(66)69-60-61(59-68-62(65)56-53-50-47-44-41-38-35-30-27-24-21-18-15-12-9-6-3)70-64(67)58-55-52-49-46-43-40-37-33-29-26-23-20-17-14-11-8-5-2/h17,20,25-26,28-30,35,61H,4-16,18-19,21-24,27,31-34,36-60H2,1-3H3/b20-17-,28-25-,29-26-,35-30-. The van der Waals surface area contributed by atoms with Crippen molar-refractivity contribution in [1.29, 1.82) is 0 Å². The van der Waals surface area contributed by atoms with Crippen molar-refractivity contribution in [2.75, 3.05) is 13.2 Å². The van der Waals surface area contributed by atoms with Crippen LogP contribution in [0, 0.1) is 0 Å². The fourth-order valence-corrected chi connectivity index (χ4v) is 8.88. The van der Waals surface area contributed by atoms with Gasteiger partial charge in [0, 0.05) is 19.3 Å². The predicted molar refractivity (Wildman–Crippen MR) is 302 cm³/mol. The van der Waals surface area contributed by atoms with Crippen LogP contribution >= 0.6 is 0 Å². The molecule has 1 atom stereocenters. The van der Waals surface area contributed by atoms with E-state index in [2.05, 4.69) is 69.4 Å². The van der Waals surface area contributed by atoms with Gasteiger partial charge in [0.2, 0.25) is 0 Å². The Hall–Kier alpha value is -2.63. The first-order valence-corrected chi connectivity index (χ1v) is 30.6. The summed E-state index contributed by atoms with van der Waals surface area (Å²) in [6.07, 6.45) is 72.4. The van der Waals surface area contributed by atoms with E-state index in [0.717, 1.165) is 77.0 Å². The summed E-state index contributed by atoms with van der Waals surface area (Å²) in [5.74, 6) is -0.880. The van der Waals surface area contributed by atoms with Gasteiger partial charge in [-0.15, -0.1) is 0 Å². The zero-order valence-corrected chi connectivity index (χ0v) is 46.8. The molecule has 0 amide bonds. The minimum Gasteiger partial charge on any atom is -0.462 e. The molecule has 0 spiro atoms. The van der Waals surface area contributed by atoms with Crippen molar-refractivity contribution >= 4 is 17.9 Å². The molecule has 0 aliphatic carbocycles. The van der Waals surface area contributed by atoms with Gasteiger partial charge in [-0.2, -0.15) is 0 Å². The molecule has 0 saturated carbocycles. The monoisotopic (exact) mass is 981 g/mol. The maximum absolute atomic E-state index is 12.9. The van der Waals surface area contributed by atoms with Crippen LogP contribution in [0.3, 0.4) is 0 Å². The van der Waals surface area contributed by atoms with Crippen LogP contribution in [0.4, 0.5) is 0 Å². The molecule has 0 aliphatic rings. The summed E-state index contributed by atoms with van der Waals surface area (Å²) in [7, 11) is 0. The third kappa shape index (κ3) is 56.3. The summed E-state index contributed by atoms with van der Waals surface area (Å²) in [6.45, 7) is 6.63. The van der Waals surface area contributed by atoms with Gasteiger partial charge in [-0.1, -0.05) is 249 Å². The zero-order valence-electron chi connectivity index (χ0n) is 46.8. The Labute approximate surface area is 435 Å². The lowest BCUT2D eigenvalue weighted by molar-refractivity contribution is -0.167. The molecule has 0 aromatic rings. The average Bonchev–Trinajstić information content (AvgIpc) is 3.36. The summed E-state index contributed by atoms with van der Waals surface area (Å²) < 4.78 is 16.9. The third-order valence-corrected chi connectivity index (χ3v) is 13.5. The first kappa shape index (κ1) is 67.4. The largest absolute Gasteiger partial charge is 0.462 e. The van der Waals surface area contributed by atoms with Gasteiger partial charge in [0.1, 0.15) is 13.2 Å². The Kier molecular flexibility index (Phi) is 56.7. The third-order valence-electron chi connectivity index (χ3n) is 13.5. The van der Waals surface area contributed by atoms with Crippen LogP contribution in [0.15, 0.2) is 48.6 Å². The minimum atomic E-state index is -0.781. The highest BCUT2D eigenvalue weighted by Crippen LogP contribution is 2.16. The molecule has 0 heterocycles. The highest BCUT2D eigenvalue weighted by Gasteiger charge is 2.19. The van der Waals surface area contributed by atoms with Gasteiger partial charge in [0.15, 0.2) is 6.10 Å². The molecule has 1 unspecified atom stereocenters. The van der Waals surface area contributed by atoms with Crippen LogP contribution in [0.2, 0.25) is 0 Å². The molecule has 0 saturated heterocycles. The molecule has 70 heavy (non-hydrogen) atoms. The number of unbranched alkanes of at least 4 members (excludes halogenated alkanes) is 37. The van der Waals surface area contributed by atoms with Crippen LogP contribution in [0.5, 0.6) is 0 Å². The van der Waals surface area contributed by atoms with Crippen LogP contribution in [-0.4, -0.2) is 37.2 Å². The van der Waals surface area contributed by atoms with Gasteiger partial charge < -0.3 is 14.2 Å². The average molecular weight is 982 g/mol. The Balaban J connectivity index is 4.37. The molecule has 0 N–H and O–H groups in total. The second kappa shape index (κ2) is 58.9. The number of hydrogen-bond donors (Lipinski definition) is 0. The number of allylic oxidation sites excluding steroid dienone is 8. The predicted octanol–water partition coefficient (Wildman–Crippen LogP) is 20.6. The van der Waals surface area contributed by atoms with Crippen LogP contribution < -0.4 is 0 Å². The van der Waals surface area contributed by atoms with E-state index in [1.54, 1.807) is 0 Å². The first-order valence-electron chi connectivity index (χ1n) is 30.6. The number of carbonyl (C=O) groups excluding carboxylic acids is 3. The number of ether oxygens (including phenoxy) is 3. The Morgan fingerprint density at radius 1 is 0.286 bits per heavy atom. The fraction of sp³-hybridized carbons (Fsp3) is 0.828. The Morgan fingerprint density at radius 3 is 0.829 bits per heavy atom. The summed E-state index contributed by atoms with van der Waals surface area (Å²) in [5, 5.41) is 0. The lowest BCUT2D eigenvalue weighted by atomic mass is 10.1. The number of rotatable bonds is 56. The van der Waals surface area contributed by atoms with Crippen molar-refractivity contribution in [3.63, 3.8) is 0 Å². The second-order valence-corrected chi connectivity index (χ2v) is 20.6. The molecule has 408 valence electrons. The van der Waals surface area contributed by atoms with Gasteiger partial charge in [0.25, 0.3) is 0 Å². The quantitative estimate of drug-likeness (QED) is 0.0261. The molecule has 6 nitrogen and oxygen atoms in total. The second-order valence-electron chi connectivity index (χ2n) is 20.6. The van der Waals surface area contributed by atoms with Crippen molar-refractivity contribution in [2.24, 2.45) is 0 Å².